The summed E-state index contributed by atoms with van der Waals surface area (Å²) in [6.45, 7) is 1.86. The van der Waals surface area contributed by atoms with E-state index in [0.717, 1.165) is 5.56 Å². The van der Waals surface area contributed by atoms with E-state index in [1.807, 2.05) is 6.92 Å². The van der Waals surface area contributed by atoms with E-state index in [0.29, 0.717) is 11.0 Å². The highest BCUT2D eigenvalue weighted by molar-refractivity contribution is 7.92. The number of nitrogens with one attached hydrogen (secondary N) is 1. The molecule has 0 aliphatic rings. The fourth-order valence-corrected chi connectivity index (χ4v) is 3.49. The number of sulfonamides is 1. The smallest absolute Gasteiger partial charge is 0.337 e. The number of carboxylic acids is 1. The number of hydrogen-bond acceptors (Lipinski definition) is 4. The Kier molecular flexibility index (Phi) is 3.76. The molecule has 7 nitrogen and oxygen atoms in total. The molecular weight excluding hydrogens is 330 g/mol. The summed E-state index contributed by atoms with van der Waals surface area (Å²) in [6, 6.07) is 9.17. The van der Waals surface area contributed by atoms with Crippen LogP contribution in [0.2, 0.25) is 0 Å². The average Bonchev–Trinajstić information content (AvgIpc) is 2.87. The maximum Gasteiger partial charge on any atom is 0.337 e. The number of carbonyl (C=O) groups is 1. The summed E-state index contributed by atoms with van der Waals surface area (Å²) in [7, 11) is -2.13. The Morgan fingerprint density at radius 3 is 2.50 bits per heavy atom. The van der Waals surface area contributed by atoms with Crippen LogP contribution >= 0.6 is 0 Å². The minimum Gasteiger partial charge on any atom is -0.478 e. The van der Waals surface area contributed by atoms with Gasteiger partial charge in [-0.25, -0.2) is 18.2 Å². The molecule has 0 atom stereocenters. The average molecular weight is 345 g/mol. The Bertz CT molecular complexity index is 1040. The van der Waals surface area contributed by atoms with Gasteiger partial charge in [-0.05, 0) is 31.2 Å². The van der Waals surface area contributed by atoms with Crippen LogP contribution in [0.1, 0.15) is 15.9 Å². The summed E-state index contributed by atoms with van der Waals surface area (Å²) < 4.78 is 28.9. The molecule has 0 aliphatic carbocycles. The van der Waals surface area contributed by atoms with Crippen LogP contribution in [0.4, 0.5) is 5.69 Å². The standard InChI is InChI=1S/C16H15N3O4S/c1-10-3-5-12(6-4-10)24(22,23)18-11-7-13(16(20)21)15-14(8-11)17-9-19(15)2/h3-9,18H,1-2H3,(H,20,21). The zero-order valence-corrected chi connectivity index (χ0v) is 13.8. The Morgan fingerprint density at radius 2 is 1.88 bits per heavy atom. The topological polar surface area (TPSA) is 101 Å². The lowest BCUT2D eigenvalue weighted by Crippen LogP contribution is -2.13. The molecule has 0 radical (unpaired) electrons. The van der Waals surface area contributed by atoms with Crippen LogP contribution in [0.15, 0.2) is 47.6 Å². The van der Waals surface area contributed by atoms with Crippen LogP contribution in [0.5, 0.6) is 0 Å². The molecule has 3 rings (SSSR count). The fourth-order valence-electron chi connectivity index (χ4n) is 2.45. The Hall–Kier alpha value is -2.87. The summed E-state index contributed by atoms with van der Waals surface area (Å²) in [5.74, 6) is -1.15. The van der Waals surface area contributed by atoms with Crippen molar-refractivity contribution < 1.29 is 18.3 Å². The summed E-state index contributed by atoms with van der Waals surface area (Å²) >= 11 is 0. The van der Waals surface area contributed by atoms with Crippen molar-refractivity contribution in [3.8, 4) is 0 Å². The molecule has 8 heteroatoms. The molecule has 0 unspecified atom stereocenters. The van der Waals surface area contributed by atoms with Crippen LogP contribution in [0.3, 0.4) is 0 Å². The Labute approximate surface area is 138 Å². The lowest BCUT2D eigenvalue weighted by Gasteiger charge is -2.10. The van der Waals surface area contributed by atoms with E-state index in [9.17, 15) is 18.3 Å². The second-order valence-electron chi connectivity index (χ2n) is 5.47. The van der Waals surface area contributed by atoms with Crippen molar-refractivity contribution in [2.24, 2.45) is 7.05 Å². The summed E-state index contributed by atoms with van der Waals surface area (Å²) in [6.07, 6.45) is 1.48. The number of aryl methyl sites for hydroxylation is 2. The SMILES string of the molecule is Cc1ccc(S(=O)(=O)Nc2cc(C(=O)O)c3c(c2)ncn3C)cc1. The van der Waals surface area contributed by atoms with Gasteiger partial charge in [-0.3, -0.25) is 4.72 Å². The van der Waals surface area contributed by atoms with E-state index in [2.05, 4.69) is 9.71 Å². The van der Waals surface area contributed by atoms with E-state index < -0.39 is 16.0 Å². The van der Waals surface area contributed by atoms with Crippen LogP contribution in [-0.2, 0) is 17.1 Å². The summed E-state index contributed by atoms with van der Waals surface area (Å²) in [4.78, 5) is 15.7. The van der Waals surface area contributed by atoms with Gasteiger partial charge in [-0.1, -0.05) is 17.7 Å². The van der Waals surface area contributed by atoms with Gasteiger partial charge in [0.1, 0.15) is 0 Å². The highest BCUT2D eigenvalue weighted by atomic mass is 32.2. The van der Waals surface area contributed by atoms with E-state index >= 15 is 0 Å². The molecule has 124 valence electrons. The third kappa shape index (κ3) is 2.83. The van der Waals surface area contributed by atoms with Gasteiger partial charge in [-0.2, -0.15) is 0 Å². The second-order valence-corrected chi connectivity index (χ2v) is 7.15. The zero-order chi connectivity index (χ0) is 17.5. The van der Waals surface area contributed by atoms with Gasteiger partial charge in [0.2, 0.25) is 0 Å². The van der Waals surface area contributed by atoms with Crippen molar-refractivity contribution in [3.05, 3.63) is 53.9 Å². The highest BCUT2D eigenvalue weighted by Crippen LogP contribution is 2.25. The first-order valence-corrected chi connectivity index (χ1v) is 8.54. The zero-order valence-electron chi connectivity index (χ0n) is 13.0. The Morgan fingerprint density at radius 1 is 1.21 bits per heavy atom. The number of carboxylic acid groups (broad SMARTS) is 1. The maximum atomic E-state index is 12.5. The Balaban J connectivity index is 2.07. The van der Waals surface area contributed by atoms with Crippen molar-refractivity contribution in [3.63, 3.8) is 0 Å². The van der Waals surface area contributed by atoms with Crippen LogP contribution in [0.25, 0.3) is 11.0 Å². The molecule has 0 spiro atoms. The van der Waals surface area contributed by atoms with E-state index in [4.69, 9.17) is 0 Å². The summed E-state index contributed by atoms with van der Waals surface area (Å²) in [5.41, 5.74) is 1.91. The molecule has 0 aliphatic heterocycles. The number of benzene rings is 2. The van der Waals surface area contributed by atoms with Crippen molar-refractivity contribution in [2.75, 3.05) is 4.72 Å². The fraction of sp³-hybridized carbons (Fsp3) is 0.125. The third-order valence-corrected chi connectivity index (χ3v) is 5.02. The number of anilines is 1. The normalized spacial score (nSPS) is 11.6. The second kappa shape index (κ2) is 5.64. The lowest BCUT2D eigenvalue weighted by molar-refractivity contribution is 0.0698. The molecule has 0 bridgehead atoms. The number of aromatic nitrogens is 2. The van der Waals surface area contributed by atoms with Crippen molar-refractivity contribution in [2.45, 2.75) is 11.8 Å². The molecule has 0 fully saturated rings. The number of rotatable bonds is 4. The van der Waals surface area contributed by atoms with Crippen molar-refractivity contribution >= 4 is 32.7 Å². The molecule has 0 saturated carbocycles. The van der Waals surface area contributed by atoms with Gasteiger partial charge in [0.05, 0.1) is 33.5 Å². The lowest BCUT2D eigenvalue weighted by atomic mass is 10.1. The quantitative estimate of drug-likeness (QED) is 0.756. The number of hydrogen-bond donors (Lipinski definition) is 2. The largest absolute Gasteiger partial charge is 0.478 e. The monoisotopic (exact) mass is 345 g/mol. The van der Waals surface area contributed by atoms with Gasteiger partial charge in [-0.15, -0.1) is 0 Å². The molecule has 1 aromatic heterocycles. The maximum absolute atomic E-state index is 12.5. The first kappa shape index (κ1) is 16.0. The van der Waals surface area contributed by atoms with E-state index in [1.54, 1.807) is 23.7 Å². The van der Waals surface area contributed by atoms with Crippen LogP contribution in [-0.4, -0.2) is 29.0 Å². The number of fused-ring (bicyclic) bond motifs is 1. The van der Waals surface area contributed by atoms with Crippen molar-refractivity contribution in [1.82, 2.24) is 9.55 Å². The summed E-state index contributed by atoms with van der Waals surface area (Å²) in [5, 5.41) is 9.38. The van der Waals surface area contributed by atoms with E-state index in [-0.39, 0.29) is 16.1 Å². The molecule has 2 N–H and O–H groups in total. The predicted octanol–water partition coefficient (Wildman–Crippen LogP) is 2.38. The van der Waals surface area contributed by atoms with Crippen molar-refractivity contribution in [1.29, 1.82) is 0 Å². The van der Waals surface area contributed by atoms with Gasteiger partial charge in [0.15, 0.2) is 0 Å². The van der Waals surface area contributed by atoms with Gasteiger partial charge in [0, 0.05) is 7.05 Å². The number of aromatic carboxylic acids is 1. The molecule has 3 aromatic rings. The molecule has 0 saturated heterocycles. The molecular formula is C16H15N3O4S. The van der Waals surface area contributed by atoms with E-state index in [1.165, 1.54) is 30.6 Å². The van der Waals surface area contributed by atoms with Crippen LogP contribution < -0.4 is 4.72 Å². The third-order valence-electron chi connectivity index (χ3n) is 3.63. The number of nitrogens with zero attached hydrogens (tertiary/aromatic N) is 2. The minimum atomic E-state index is -3.81. The minimum absolute atomic E-state index is 0.0193. The molecule has 2 aromatic carbocycles. The predicted molar refractivity (Wildman–Crippen MR) is 89.7 cm³/mol. The van der Waals surface area contributed by atoms with Gasteiger partial charge >= 0.3 is 5.97 Å². The molecule has 1 heterocycles. The first-order chi connectivity index (χ1) is 11.3. The van der Waals surface area contributed by atoms with Gasteiger partial charge < -0.3 is 9.67 Å². The van der Waals surface area contributed by atoms with Crippen LogP contribution in [0, 0.1) is 6.92 Å². The highest BCUT2D eigenvalue weighted by Gasteiger charge is 2.18. The first-order valence-electron chi connectivity index (χ1n) is 7.06. The molecule has 0 amide bonds. The van der Waals surface area contributed by atoms with Gasteiger partial charge in [0.25, 0.3) is 10.0 Å². The molecule has 24 heavy (non-hydrogen) atoms. The number of imidazole rings is 1.